The van der Waals surface area contributed by atoms with Gasteiger partial charge in [0.1, 0.15) is 0 Å². The molecule has 1 aliphatic rings. The zero-order valence-electron chi connectivity index (χ0n) is 11.4. The minimum atomic E-state index is -0.467. The van der Waals surface area contributed by atoms with E-state index in [0.29, 0.717) is 12.2 Å². The fourth-order valence-corrected chi connectivity index (χ4v) is 2.38. The Morgan fingerprint density at radius 3 is 2.52 bits per heavy atom. The van der Waals surface area contributed by atoms with Crippen LogP contribution in [0.25, 0.3) is 0 Å². The molecular weight excluding hydrogens is 266 g/mol. The number of aromatic nitrogens is 1. The van der Waals surface area contributed by atoms with Gasteiger partial charge in [-0.3, -0.25) is 14.6 Å². The Labute approximate surface area is 122 Å². The first-order chi connectivity index (χ1) is 10.3. The second kappa shape index (κ2) is 5.85. The van der Waals surface area contributed by atoms with E-state index in [1.807, 2.05) is 30.3 Å². The molecule has 2 aromatic rings. The number of anilines is 1. The van der Waals surface area contributed by atoms with Crippen LogP contribution in [0.2, 0.25) is 0 Å². The van der Waals surface area contributed by atoms with Gasteiger partial charge in [0.05, 0.1) is 18.2 Å². The van der Waals surface area contributed by atoms with Gasteiger partial charge in [-0.05, 0) is 29.8 Å². The maximum atomic E-state index is 12.4. The van der Waals surface area contributed by atoms with Gasteiger partial charge in [0.2, 0.25) is 5.91 Å². The molecule has 2 amide bonds. The fraction of sp³-hybridized carbons (Fsp3) is 0.188. The van der Waals surface area contributed by atoms with Crippen molar-refractivity contribution in [1.82, 2.24) is 10.3 Å². The summed E-state index contributed by atoms with van der Waals surface area (Å²) in [4.78, 5) is 29.6. The summed E-state index contributed by atoms with van der Waals surface area (Å²) in [5.74, 6) is -0.362. The predicted octanol–water partition coefficient (Wildman–Crippen LogP) is 1.50. The van der Waals surface area contributed by atoms with Crippen LogP contribution < -0.4 is 10.2 Å². The molecule has 21 heavy (non-hydrogen) atoms. The Balaban J connectivity index is 1.69. The van der Waals surface area contributed by atoms with Gasteiger partial charge < -0.3 is 5.32 Å². The number of nitrogens with zero attached hydrogens (tertiary/aromatic N) is 2. The van der Waals surface area contributed by atoms with Gasteiger partial charge in [0, 0.05) is 18.9 Å². The van der Waals surface area contributed by atoms with Gasteiger partial charge >= 0.3 is 0 Å². The van der Waals surface area contributed by atoms with E-state index in [1.54, 1.807) is 24.5 Å². The zero-order chi connectivity index (χ0) is 14.7. The first kappa shape index (κ1) is 13.5. The quantitative estimate of drug-likeness (QED) is 0.863. The van der Waals surface area contributed by atoms with Crippen molar-refractivity contribution in [2.45, 2.75) is 19.0 Å². The molecule has 5 nitrogen and oxygen atoms in total. The van der Waals surface area contributed by atoms with E-state index >= 15 is 0 Å². The number of hydrogen-bond acceptors (Lipinski definition) is 4. The van der Waals surface area contributed by atoms with Crippen LogP contribution in [-0.4, -0.2) is 22.8 Å². The molecule has 1 aromatic carbocycles. The van der Waals surface area contributed by atoms with E-state index in [0.717, 1.165) is 5.56 Å². The molecule has 0 saturated carbocycles. The molecule has 106 valence electrons. The number of amides is 2. The minimum Gasteiger partial charge on any atom is -0.301 e. The first-order valence-corrected chi connectivity index (χ1v) is 6.80. The van der Waals surface area contributed by atoms with Crippen LogP contribution in [0.15, 0.2) is 54.9 Å². The third kappa shape index (κ3) is 2.83. The number of carbonyl (C=O) groups excluding carboxylic acids is 2. The highest BCUT2D eigenvalue weighted by atomic mass is 16.2. The van der Waals surface area contributed by atoms with Crippen molar-refractivity contribution in [3.63, 3.8) is 0 Å². The summed E-state index contributed by atoms with van der Waals surface area (Å²) in [5.41, 5.74) is 1.66. The number of benzene rings is 1. The molecule has 1 saturated heterocycles. The fourth-order valence-electron chi connectivity index (χ4n) is 2.38. The van der Waals surface area contributed by atoms with E-state index in [9.17, 15) is 9.59 Å². The molecule has 0 bridgehead atoms. The number of para-hydroxylation sites is 1. The number of carbonyl (C=O) groups is 2. The highest BCUT2D eigenvalue weighted by molar-refractivity contribution is 6.22. The number of nitrogens with one attached hydrogen (secondary N) is 1. The average molecular weight is 281 g/mol. The van der Waals surface area contributed by atoms with E-state index in [4.69, 9.17) is 0 Å². The summed E-state index contributed by atoms with van der Waals surface area (Å²) in [7, 11) is 0. The molecule has 1 aromatic heterocycles. The minimum absolute atomic E-state index is 0.168. The smallest absolute Gasteiger partial charge is 0.251 e. The Kier molecular flexibility index (Phi) is 3.75. The molecule has 0 unspecified atom stereocenters. The van der Waals surface area contributed by atoms with E-state index in [1.165, 1.54) is 4.90 Å². The van der Waals surface area contributed by atoms with Gasteiger partial charge in [0.15, 0.2) is 0 Å². The molecule has 0 aliphatic carbocycles. The summed E-state index contributed by atoms with van der Waals surface area (Å²) >= 11 is 0. The molecule has 1 atom stereocenters. The highest BCUT2D eigenvalue weighted by Gasteiger charge is 2.39. The molecule has 1 fully saturated rings. The molecular formula is C16H15N3O2. The Morgan fingerprint density at radius 2 is 1.81 bits per heavy atom. The second-order valence-corrected chi connectivity index (χ2v) is 4.90. The SMILES string of the molecule is O=C1C[C@@H](NCc2ccncc2)C(=O)N1c1ccccc1. The van der Waals surface area contributed by atoms with Crippen molar-refractivity contribution in [1.29, 1.82) is 0 Å². The largest absolute Gasteiger partial charge is 0.301 e. The summed E-state index contributed by atoms with van der Waals surface area (Å²) < 4.78 is 0. The summed E-state index contributed by atoms with van der Waals surface area (Å²) in [6, 6.07) is 12.3. The van der Waals surface area contributed by atoms with Gasteiger partial charge in [-0.15, -0.1) is 0 Å². The van der Waals surface area contributed by atoms with Crippen LogP contribution >= 0.6 is 0 Å². The van der Waals surface area contributed by atoms with Crippen molar-refractivity contribution in [3.05, 3.63) is 60.4 Å². The standard InChI is InChI=1S/C16H15N3O2/c20-15-10-14(18-11-12-6-8-17-9-7-12)16(21)19(15)13-4-2-1-3-5-13/h1-9,14,18H,10-11H2/t14-/m1/s1. The Morgan fingerprint density at radius 1 is 1.10 bits per heavy atom. The lowest BCUT2D eigenvalue weighted by molar-refractivity contribution is -0.121. The molecule has 1 aliphatic heterocycles. The summed E-state index contributed by atoms with van der Waals surface area (Å²) in [6.45, 7) is 0.537. The number of hydrogen-bond donors (Lipinski definition) is 1. The van der Waals surface area contributed by atoms with Gasteiger partial charge in [-0.2, -0.15) is 0 Å². The number of imide groups is 1. The van der Waals surface area contributed by atoms with Gasteiger partial charge in [0.25, 0.3) is 5.91 Å². The van der Waals surface area contributed by atoms with Crippen LogP contribution in [0.1, 0.15) is 12.0 Å². The molecule has 0 spiro atoms. The van der Waals surface area contributed by atoms with Crippen molar-refractivity contribution in [2.24, 2.45) is 0 Å². The van der Waals surface area contributed by atoms with Crippen molar-refractivity contribution >= 4 is 17.5 Å². The van der Waals surface area contributed by atoms with Crippen molar-refractivity contribution in [3.8, 4) is 0 Å². The lowest BCUT2D eigenvalue weighted by atomic mass is 10.2. The van der Waals surface area contributed by atoms with Crippen LogP contribution in [0.3, 0.4) is 0 Å². The third-order valence-corrected chi connectivity index (χ3v) is 3.46. The second-order valence-electron chi connectivity index (χ2n) is 4.90. The highest BCUT2D eigenvalue weighted by Crippen LogP contribution is 2.22. The van der Waals surface area contributed by atoms with E-state index in [-0.39, 0.29) is 18.2 Å². The maximum absolute atomic E-state index is 12.4. The average Bonchev–Trinajstić information content (AvgIpc) is 2.81. The zero-order valence-corrected chi connectivity index (χ0v) is 11.4. The van der Waals surface area contributed by atoms with Crippen LogP contribution in [0, 0.1) is 0 Å². The number of pyridine rings is 1. The van der Waals surface area contributed by atoms with Crippen LogP contribution in [0.4, 0.5) is 5.69 Å². The third-order valence-electron chi connectivity index (χ3n) is 3.46. The Hall–Kier alpha value is -2.53. The lowest BCUT2D eigenvalue weighted by Gasteiger charge is -2.15. The van der Waals surface area contributed by atoms with E-state index < -0.39 is 6.04 Å². The van der Waals surface area contributed by atoms with Crippen molar-refractivity contribution < 1.29 is 9.59 Å². The summed E-state index contributed by atoms with van der Waals surface area (Å²) in [5, 5.41) is 3.14. The number of rotatable bonds is 4. The molecule has 2 heterocycles. The maximum Gasteiger partial charge on any atom is 0.251 e. The molecule has 1 N–H and O–H groups in total. The van der Waals surface area contributed by atoms with E-state index in [2.05, 4.69) is 10.3 Å². The predicted molar refractivity (Wildman–Crippen MR) is 78.4 cm³/mol. The lowest BCUT2D eigenvalue weighted by Crippen LogP contribution is -2.38. The van der Waals surface area contributed by atoms with Crippen molar-refractivity contribution in [2.75, 3.05) is 4.90 Å². The molecule has 5 heteroatoms. The van der Waals surface area contributed by atoms with Crippen LogP contribution in [-0.2, 0) is 16.1 Å². The monoisotopic (exact) mass is 281 g/mol. The topological polar surface area (TPSA) is 62.3 Å². The molecule has 0 radical (unpaired) electrons. The normalized spacial score (nSPS) is 18.3. The molecule has 3 rings (SSSR count). The first-order valence-electron chi connectivity index (χ1n) is 6.80. The van der Waals surface area contributed by atoms with Gasteiger partial charge in [-0.25, -0.2) is 4.90 Å². The summed E-state index contributed by atoms with van der Waals surface area (Å²) in [6.07, 6.45) is 3.60. The Bertz CT molecular complexity index is 643. The van der Waals surface area contributed by atoms with Crippen LogP contribution in [0.5, 0.6) is 0 Å². The van der Waals surface area contributed by atoms with Gasteiger partial charge in [-0.1, -0.05) is 18.2 Å².